The summed E-state index contributed by atoms with van der Waals surface area (Å²) >= 11 is 0. The van der Waals surface area contributed by atoms with Gasteiger partial charge in [-0.15, -0.1) is 0 Å². The second-order valence-electron chi connectivity index (χ2n) is 5.43. The van der Waals surface area contributed by atoms with Gasteiger partial charge in [-0.1, -0.05) is 0 Å². The predicted octanol–water partition coefficient (Wildman–Crippen LogP) is 2.67. The smallest absolute Gasteiger partial charge is 0.303 e. The van der Waals surface area contributed by atoms with Crippen molar-refractivity contribution >= 4 is 5.97 Å². The average Bonchev–Trinajstić information content (AvgIpc) is 2.46. The van der Waals surface area contributed by atoms with Crippen molar-refractivity contribution in [3.63, 3.8) is 0 Å². The number of halogens is 3. The van der Waals surface area contributed by atoms with Crippen molar-refractivity contribution in [2.75, 3.05) is 26.2 Å². The number of benzene rings is 1. The van der Waals surface area contributed by atoms with E-state index in [1.807, 2.05) is 0 Å². The number of hydrogen-bond donors (Lipinski definition) is 1. The molecular weight excluding hydrogens is 299 g/mol. The second kappa shape index (κ2) is 7.49. The molecular formula is C15H18F3NO3. The molecule has 1 fully saturated rings. The first kappa shape index (κ1) is 16.6. The van der Waals surface area contributed by atoms with Gasteiger partial charge in [-0.25, -0.2) is 13.2 Å². The Morgan fingerprint density at radius 1 is 1.23 bits per heavy atom. The van der Waals surface area contributed by atoms with Gasteiger partial charge in [0, 0.05) is 25.1 Å². The topological polar surface area (TPSA) is 49.8 Å². The molecule has 7 heteroatoms. The predicted molar refractivity (Wildman–Crippen MR) is 73.2 cm³/mol. The molecule has 0 saturated carbocycles. The summed E-state index contributed by atoms with van der Waals surface area (Å²) in [4.78, 5) is 12.7. The van der Waals surface area contributed by atoms with Crippen LogP contribution < -0.4 is 4.74 Å². The third-order valence-electron chi connectivity index (χ3n) is 3.80. The molecule has 0 unspecified atom stereocenters. The van der Waals surface area contributed by atoms with Crippen LogP contribution >= 0.6 is 0 Å². The van der Waals surface area contributed by atoms with Gasteiger partial charge in [-0.05, 0) is 31.8 Å². The van der Waals surface area contributed by atoms with Crippen LogP contribution in [0.2, 0.25) is 0 Å². The molecule has 0 aromatic heterocycles. The van der Waals surface area contributed by atoms with Gasteiger partial charge in [0.25, 0.3) is 0 Å². The lowest BCUT2D eigenvalue weighted by Gasteiger charge is -2.31. The normalized spacial score (nSPS) is 16.7. The number of carboxylic acids is 1. The molecule has 1 aliphatic rings. The largest absolute Gasteiger partial charge is 0.492 e. The zero-order valence-electron chi connectivity index (χ0n) is 12.0. The van der Waals surface area contributed by atoms with Crippen LogP contribution in [0.1, 0.15) is 19.3 Å². The lowest BCUT2D eigenvalue weighted by molar-refractivity contribution is -0.138. The summed E-state index contributed by atoms with van der Waals surface area (Å²) in [7, 11) is 0. The fourth-order valence-electron chi connectivity index (χ4n) is 2.57. The van der Waals surface area contributed by atoms with Gasteiger partial charge in [0.15, 0.2) is 17.5 Å². The van der Waals surface area contributed by atoms with Crippen molar-refractivity contribution in [1.82, 2.24) is 4.90 Å². The van der Waals surface area contributed by atoms with E-state index in [2.05, 4.69) is 4.90 Å². The van der Waals surface area contributed by atoms with E-state index in [9.17, 15) is 18.0 Å². The minimum atomic E-state index is -1.51. The summed E-state index contributed by atoms with van der Waals surface area (Å²) in [5.74, 6) is -4.67. The molecule has 1 N–H and O–H groups in total. The van der Waals surface area contributed by atoms with Crippen LogP contribution in [0.25, 0.3) is 0 Å². The van der Waals surface area contributed by atoms with E-state index in [4.69, 9.17) is 9.84 Å². The van der Waals surface area contributed by atoms with Crippen LogP contribution in [-0.4, -0.2) is 42.2 Å². The zero-order chi connectivity index (χ0) is 16.1. The van der Waals surface area contributed by atoms with Gasteiger partial charge in [0.2, 0.25) is 0 Å². The number of aliphatic carboxylic acids is 1. The molecule has 1 aromatic rings. The summed E-state index contributed by atoms with van der Waals surface area (Å²) in [5.41, 5.74) is 0. The highest BCUT2D eigenvalue weighted by Crippen LogP contribution is 2.21. The van der Waals surface area contributed by atoms with Crippen LogP contribution in [0.3, 0.4) is 0 Å². The van der Waals surface area contributed by atoms with E-state index in [1.165, 1.54) is 0 Å². The fraction of sp³-hybridized carbons (Fsp3) is 0.533. The zero-order valence-corrected chi connectivity index (χ0v) is 12.0. The molecule has 0 aliphatic carbocycles. The third-order valence-corrected chi connectivity index (χ3v) is 3.80. The van der Waals surface area contributed by atoms with Crippen molar-refractivity contribution in [3.8, 4) is 5.75 Å². The van der Waals surface area contributed by atoms with Gasteiger partial charge in [-0.3, -0.25) is 9.69 Å². The Balaban J connectivity index is 1.73. The first-order chi connectivity index (χ1) is 10.5. The molecule has 0 atom stereocenters. The molecule has 1 aromatic carbocycles. The summed E-state index contributed by atoms with van der Waals surface area (Å²) < 4.78 is 44.1. The van der Waals surface area contributed by atoms with E-state index in [-0.39, 0.29) is 24.7 Å². The Hall–Kier alpha value is -1.76. The molecule has 2 rings (SSSR count). The van der Waals surface area contributed by atoms with Crippen molar-refractivity contribution in [2.45, 2.75) is 19.3 Å². The number of carbonyl (C=O) groups is 1. The maximum atomic E-state index is 13.0. The standard InChI is InChI=1S/C15H18F3NO3/c16-12-8-11(9-13(17)15(12)18)22-6-5-19-3-1-10(2-4-19)7-14(20)21/h8-10H,1-7H2,(H,20,21). The van der Waals surface area contributed by atoms with Gasteiger partial charge >= 0.3 is 5.97 Å². The minimum absolute atomic E-state index is 0.0443. The number of ether oxygens (including phenoxy) is 1. The fourth-order valence-corrected chi connectivity index (χ4v) is 2.57. The van der Waals surface area contributed by atoms with Crippen LogP contribution in [-0.2, 0) is 4.79 Å². The Morgan fingerprint density at radius 2 is 1.82 bits per heavy atom. The Bertz CT molecular complexity index is 508. The molecule has 22 heavy (non-hydrogen) atoms. The quantitative estimate of drug-likeness (QED) is 0.820. The van der Waals surface area contributed by atoms with E-state index >= 15 is 0 Å². The molecule has 4 nitrogen and oxygen atoms in total. The van der Waals surface area contributed by atoms with E-state index in [0.29, 0.717) is 6.54 Å². The lowest BCUT2D eigenvalue weighted by Crippen LogP contribution is -2.37. The number of piperidine rings is 1. The number of likely N-dealkylation sites (tertiary alicyclic amines) is 1. The molecule has 0 radical (unpaired) electrons. The van der Waals surface area contributed by atoms with Gasteiger partial charge in [0.05, 0.1) is 0 Å². The molecule has 122 valence electrons. The Kier molecular flexibility index (Phi) is 5.65. The number of carboxylic acid groups (broad SMARTS) is 1. The Morgan fingerprint density at radius 3 is 2.36 bits per heavy atom. The van der Waals surface area contributed by atoms with Gasteiger partial charge in [0.1, 0.15) is 12.4 Å². The third kappa shape index (κ3) is 4.62. The average molecular weight is 317 g/mol. The lowest BCUT2D eigenvalue weighted by atomic mass is 9.94. The SMILES string of the molecule is O=C(O)CC1CCN(CCOc2cc(F)c(F)c(F)c2)CC1. The monoisotopic (exact) mass is 317 g/mol. The molecule has 1 saturated heterocycles. The summed E-state index contributed by atoms with van der Waals surface area (Å²) in [6, 6.07) is 1.63. The molecule has 0 bridgehead atoms. The van der Waals surface area contributed by atoms with Crippen LogP contribution in [0.15, 0.2) is 12.1 Å². The Labute approximate surface area is 126 Å². The van der Waals surface area contributed by atoms with E-state index in [1.54, 1.807) is 0 Å². The highest BCUT2D eigenvalue weighted by Gasteiger charge is 2.21. The van der Waals surface area contributed by atoms with Crippen LogP contribution in [0.5, 0.6) is 5.75 Å². The molecule has 1 aliphatic heterocycles. The summed E-state index contributed by atoms with van der Waals surface area (Å²) in [6.45, 7) is 2.34. The first-order valence-corrected chi connectivity index (χ1v) is 7.17. The van der Waals surface area contributed by atoms with E-state index in [0.717, 1.165) is 38.1 Å². The first-order valence-electron chi connectivity index (χ1n) is 7.17. The van der Waals surface area contributed by atoms with E-state index < -0.39 is 23.4 Å². The molecule has 0 amide bonds. The summed E-state index contributed by atoms with van der Waals surface area (Å²) in [5, 5.41) is 8.74. The maximum absolute atomic E-state index is 13.0. The van der Waals surface area contributed by atoms with Gasteiger partial charge in [-0.2, -0.15) is 0 Å². The maximum Gasteiger partial charge on any atom is 0.303 e. The second-order valence-corrected chi connectivity index (χ2v) is 5.43. The number of hydrogen-bond acceptors (Lipinski definition) is 3. The highest BCUT2D eigenvalue weighted by atomic mass is 19.2. The summed E-state index contributed by atoms with van der Waals surface area (Å²) in [6.07, 6.45) is 1.82. The highest BCUT2D eigenvalue weighted by molar-refractivity contribution is 5.67. The van der Waals surface area contributed by atoms with Crippen molar-refractivity contribution in [3.05, 3.63) is 29.6 Å². The van der Waals surface area contributed by atoms with Gasteiger partial charge < -0.3 is 9.84 Å². The van der Waals surface area contributed by atoms with Crippen LogP contribution in [0, 0.1) is 23.4 Å². The molecule has 1 heterocycles. The number of nitrogens with zero attached hydrogens (tertiary/aromatic N) is 1. The minimum Gasteiger partial charge on any atom is -0.492 e. The van der Waals surface area contributed by atoms with Crippen molar-refractivity contribution < 1.29 is 27.8 Å². The van der Waals surface area contributed by atoms with Crippen molar-refractivity contribution in [1.29, 1.82) is 0 Å². The van der Waals surface area contributed by atoms with Crippen LogP contribution in [0.4, 0.5) is 13.2 Å². The van der Waals surface area contributed by atoms with Crippen molar-refractivity contribution in [2.24, 2.45) is 5.92 Å². The molecule has 0 spiro atoms. The number of rotatable bonds is 6.